The van der Waals surface area contributed by atoms with Gasteiger partial charge < -0.3 is 4.74 Å². The number of amides is 3. The molecule has 2 aromatic carbocycles. The Balaban J connectivity index is 1.78. The van der Waals surface area contributed by atoms with Gasteiger partial charge in [0.15, 0.2) is 0 Å². The molecule has 0 bridgehead atoms. The SMILES string of the molecule is COC(=O)c1cccc(N2CC(=O)N(Cc3ccc(C(F)(F)F)cc3)C2=O)c1. The van der Waals surface area contributed by atoms with Crippen LogP contribution < -0.4 is 4.90 Å². The Labute approximate surface area is 158 Å². The van der Waals surface area contributed by atoms with Crippen molar-refractivity contribution in [3.8, 4) is 0 Å². The highest BCUT2D eigenvalue weighted by molar-refractivity contribution is 6.12. The Morgan fingerprint density at radius 3 is 2.39 bits per heavy atom. The lowest BCUT2D eigenvalue weighted by atomic mass is 10.1. The quantitative estimate of drug-likeness (QED) is 0.590. The van der Waals surface area contributed by atoms with E-state index in [1.807, 2.05) is 0 Å². The number of benzene rings is 2. The molecule has 1 aliphatic rings. The Hall–Kier alpha value is -3.36. The molecule has 0 aliphatic carbocycles. The van der Waals surface area contributed by atoms with Gasteiger partial charge in [-0.25, -0.2) is 9.59 Å². The Morgan fingerprint density at radius 1 is 1.11 bits per heavy atom. The van der Waals surface area contributed by atoms with E-state index in [4.69, 9.17) is 0 Å². The largest absolute Gasteiger partial charge is 0.465 e. The molecular weight excluding hydrogens is 377 g/mol. The summed E-state index contributed by atoms with van der Waals surface area (Å²) in [6.45, 7) is -0.382. The molecule has 9 heteroatoms. The highest BCUT2D eigenvalue weighted by Crippen LogP contribution is 2.30. The summed E-state index contributed by atoms with van der Waals surface area (Å²) in [5.74, 6) is -1.07. The maximum Gasteiger partial charge on any atom is 0.416 e. The number of carbonyl (C=O) groups is 3. The molecular formula is C19H15F3N2O4. The summed E-state index contributed by atoms with van der Waals surface area (Å²) < 4.78 is 42.6. The fourth-order valence-electron chi connectivity index (χ4n) is 2.80. The monoisotopic (exact) mass is 392 g/mol. The van der Waals surface area contributed by atoms with Gasteiger partial charge in [-0.05, 0) is 35.9 Å². The normalized spacial score (nSPS) is 14.6. The molecule has 0 radical (unpaired) electrons. The first-order valence-corrected chi connectivity index (χ1v) is 8.17. The van der Waals surface area contributed by atoms with E-state index in [1.54, 1.807) is 12.1 Å². The number of hydrogen-bond acceptors (Lipinski definition) is 4. The van der Waals surface area contributed by atoms with Gasteiger partial charge in [0.25, 0.3) is 5.91 Å². The number of methoxy groups -OCH3 is 1. The number of anilines is 1. The zero-order chi connectivity index (χ0) is 20.5. The van der Waals surface area contributed by atoms with Crippen LogP contribution in [0, 0.1) is 0 Å². The minimum Gasteiger partial charge on any atom is -0.465 e. The maximum absolute atomic E-state index is 12.6. The Bertz CT molecular complexity index is 926. The number of urea groups is 1. The van der Waals surface area contributed by atoms with E-state index in [-0.39, 0.29) is 18.7 Å². The van der Waals surface area contributed by atoms with Crippen molar-refractivity contribution in [3.05, 3.63) is 65.2 Å². The van der Waals surface area contributed by atoms with Gasteiger partial charge in [-0.15, -0.1) is 0 Å². The lowest BCUT2D eigenvalue weighted by molar-refractivity contribution is -0.137. The van der Waals surface area contributed by atoms with Gasteiger partial charge in [0.05, 0.1) is 24.8 Å². The van der Waals surface area contributed by atoms with E-state index in [0.717, 1.165) is 17.0 Å². The van der Waals surface area contributed by atoms with E-state index >= 15 is 0 Å². The van der Waals surface area contributed by atoms with Crippen LogP contribution in [0.3, 0.4) is 0 Å². The van der Waals surface area contributed by atoms with Crippen molar-refractivity contribution >= 4 is 23.6 Å². The molecule has 3 amide bonds. The third kappa shape index (κ3) is 3.83. The smallest absolute Gasteiger partial charge is 0.416 e. The van der Waals surface area contributed by atoms with Crippen molar-refractivity contribution in [3.63, 3.8) is 0 Å². The average molecular weight is 392 g/mol. The number of imide groups is 1. The van der Waals surface area contributed by atoms with Crippen LogP contribution in [-0.2, 0) is 22.3 Å². The summed E-state index contributed by atoms with van der Waals surface area (Å²) in [5.41, 5.74) is 0.147. The van der Waals surface area contributed by atoms with Crippen molar-refractivity contribution < 1.29 is 32.3 Å². The molecule has 1 heterocycles. The number of nitrogens with zero attached hydrogens (tertiary/aromatic N) is 2. The van der Waals surface area contributed by atoms with Crippen LogP contribution in [0.5, 0.6) is 0 Å². The molecule has 3 rings (SSSR count). The molecule has 28 heavy (non-hydrogen) atoms. The molecule has 1 fully saturated rings. The van der Waals surface area contributed by atoms with Crippen molar-refractivity contribution in [2.24, 2.45) is 0 Å². The number of rotatable bonds is 4. The van der Waals surface area contributed by atoms with Crippen LogP contribution in [0.4, 0.5) is 23.7 Å². The van der Waals surface area contributed by atoms with Crippen LogP contribution in [0.15, 0.2) is 48.5 Å². The first-order valence-electron chi connectivity index (χ1n) is 8.17. The second-order valence-corrected chi connectivity index (χ2v) is 6.09. The van der Waals surface area contributed by atoms with Crippen LogP contribution in [-0.4, -0.2) is 36.5 Å². The molecule has 2 aromatic rings. The average Bonchev–Trinajstić information content (AvgIpc) is 2.95. The molecule has 0 aromatic heterocycles. The van der Waals surface area contributed by atoms with Gasteiger partial charge in [0, 0.05) is 5.69 Å². The predicted molar refractivity (Wildman–Crippen MR) is 92.5 cm³/mol. The van der Waals surface area contributed by atoms with Crippen LogP contribution in [0.2, 0.25) is 0 Å². The van der Waals surface area contributed by atoms with Crippen molar-refractivity contribution in [2.45, 2.75) is 12.7 Å². The third-order valence-electron chi connectivity index (χ3n) is 4.26. The molecule has 0 saturated carbocycles. The van der Waals surface area contributed by atoms with Crippen molar-refractivity contribution in [2.75, 3.05) is 18.6 Å². The minimum absolute atomic E-state index is 0.150. The standard InChI is InChI=1S/C19H15F3N2O4/c1-28-17(26)13-3-2-4-15(9-13)23-11-16(25)24(18(23)27)10-12-5-7-14(8-6-12)19(20,21)22/h2-9H,10-11H2,1H3. The number of ether oxygens (including phenoxy) is 1. The van der Waals surface area contributed by atoms with Crippen molar-refractivity contribution in [1.29, 1.82) is 0 Å². The molecule has 0 N–H and O–H groups in total. The summed E-state index contributed by atoms with van der Waals surface area (Å²) in [6, 6.07) is 9.70. The highest BCUT2D eigenvalue weighted by Gasteiger charge is 2.37. The number of hydrogen-bond donors (Lipinski definition) is 0. The highest BCUT2D eigenvalue weighted by atomic mass is 19.4. The summed E-state index contributed by atoms with van der Waals surface area (Å²) in [5, 5.41) is 0. The zero-order valence-electron chi connectivity index (χ0n) is 14.7. The maximum atomic E-state index is 12.6. The number of halogens is 3. The van der Waals surface area contributed by atoms with E-state index < -0.39 is 29.6 Å². The second-order valence-electron chi connectivity index (χ2n) is 6.09. The van der Waals surface area contributed by atoms with Gasteiger partial charge in [-0.1, -0.05) is 18.2 Å². The molecule has 0 unspecified atom stereocenters. The van der Waals surface area contributed by atoms with Gasteiger partial charge in [0.2, 0.25) is 0 Å². The van der Waals surface area contributed by atoms with E-state index in [1.165, 1.54) is 36.3 Å². The summed E-state index contributed by atoms with van der Waals surface area (Å²) >= 11 is 0. The molecule has 1 saturated heterocycles. The Kier molecular flexibility index (Phi) is 5.08. The van der Waals surface area contributed by atoms with Crippen LogP contribution in [0.25, 0.3) is 0 Å². The number of esters is 1. The van der Waals surface area contributed by atoms with Crippen molar-refractivity contribution in [1.82, 2.24) is 4.90 Å². The lowest BCUT2D eigenvalue weighted by Crippen LogP contribution is -2.32. The van der Waals surface area contributed by atoms with Gasteiger partial charge in [-0.2, -0.15) is 13.2 Å². The minimum atomic E-state index is -4.46. The predicted octanol–water partition coefficient (Wildman–Crippen LogP) is 3.46. The second kappa shape index (κ2) is 7.34. The van der Waals surface area contributed by atoms with Gasteiger partial charge in [-0.3, -0.25) is 14.6 Å². The Morgan fingerprint density at radius 2 is 1.79 bits per heavy atom. The fourth-order valence-corrected chi connectivity index (χ4v) is 2.80. The zero-order valence-corrected chi connectivity index (χ0v) is 14.7. The van der Waals surface area contributed by atoms with E-state index in [0.29, 0.717) is 11.3 Å². The summed E-state index contributed by atoms with van der Waals surface area (Å²) in [4.78, 5) is 38.7. The van der Waals surface area contributed by atoms with Gasteiger partial charge in [0.1, 0.15) is 6.54 Å². The fraction of sp³-hybridized carbons (Fsp3) is 0.211. The van der Waals surface area contributed by atoms with E-state index in [2.05, 4.69) is 4.74 Å². The third-order valence-corrected chi connectivity index (χ3v) is 4.26. The lowest BCUT2D eigenvalue weighted by Gasteiger charge is -2.18. The first kappa shape index (κ1) is 19.4. The molecule has 1 aliphatic heterocycles. The van der Waals surface area contributed by atoms with Crippen LogP contribution in [0.1, 0.15) is 21.5 Å². The summed E-state index contributed by atoms with van der Waals surface area (Å²) in [6.07, 6.45) is -4.46. The topological polar surface area (TPSA) is 66.9 Å². The van der Waals surface area contributed by atoms with E-state index in [9.17, 15) is 27.6 Å². The van der Waals surface area contributed by atoms with Gasteiger partial charge >= 0.3 is 18.2 Å². The molecule has 146 valence electrons. The molecule has 0 atom stereocenters. The molecule has 0 spiro atoms. The number of alkyl halides is 3. The van der Waals surface area contributed by atoms with Crippen LogP contribution >= 0.6 is 0 Å². The summed E-state index contributed by atoms with van der Waals surface area (Å²) in [7, 11) is 1.23. The molecule has 6 nitrogen and oxygen atoms in total. The number of carbonyl (C=O) groups excluding carboxylic acids is 3. The first-order chi connectivity index (χ1) is 13.2.